The molecule has 0 fully saturated rings. The van der Waals surface area contributed by atoms with Crippen molar-refractivity contribution in [1.29, 1.82) is 0 Å². The van der Waals surface area contributed by atoms with Crippen LogP contribution in [0.4, 0.5) is 0 Å². The van der Waals surface area contributed by atoms with Crippen molar-refractivity contribution >= 4 is 72.9 Å². The van der Waals surface area contributed by atoms with Gasteiger partial charge in [0.2, 0.25) is 0 Å². The molecule has 0 aliphatic rings. The third-order valence-corrected chi connectivity index (χ3v) is 3.74. The molecule has 0 saturated carbocycles. The van der Waals surface area contributed by atoms with Crippen molar-refractivity contribution in [3.05, 3.63) is 24.3 Å². The number of carbonyl (C=O) groups is 2. The molecule has 0 spiro atoms. The zero-order chi connectivity index (χ0) is 17.4. The van der Waals surface area contributed by atoms with Crippen LogP contribution in [0.15, 0.2) is 24.3 Å². The molecule has 23 heavy (non-hydrogen) atoms. The van der Waals surface area contributed by atoms with Crippen molar-refractivity contribution < 1.29 is 19.8 Å². The van der Waals surface area contributed by atoms with Crippen LogP contribution >= 0.6 is 23.2 Å². The molecule has 128 valence electrons. The van der Waals surface area contributed by atoms with Gasteiger partial charge < -0.3 is 19.8 Å². The summed E-state index contributed by atoms with van der Waals surface area (Å²) in [5, 5.41) is 20.1. The van der Waals surface area contributed by atoms with Crippen LogP contribution in [0.5, 0.6) is 0 Å². The maximum absolute atomic E-state index is 9.88. The molecule has 0 N–H and O–H groups in total. The third kappa shape index (κ3) is 27.4. The quantitative estimate of drug-likeness (QED) is 0.323. The van der Waals surface area contributed by atoms with Gasteiger partial charge in [-0.05, 0) is 50.7 Å². The molecular formula is C16H24CaCl2O4. The first-order valence-corrected chi connectivity index (χ1v) is 8.23. The van der Waals surface area contributed by atoms with Gasteiger partial charge in [0.1, 0.15) is 0 Å². The van der Waals surface area contributed by atoms with Crippen LogP contribution in [0.25, 0.3) is 0 Å². The summed E-state index contributed by atoms with van der Waals surface area (Å²) in [5.74, 6) is -2.29. The number of carboxylic acid groups (broad SMARTS) is 2. The minimum Gasteiger partial charge on any atom is -0.545 e. The normalized spacial score (nSPS) is 13.0. The number of hydrogen-bond acceptors (Lipinski definition) is 4. The second-order valence-corrected chi connectivity index (χ2v) is 5.84. The van der Waals surface area contributed by atoms with Gasteiger partial charge in [0.25, 0.3) is 0 Å². The summed E-state index contributed by atoms with van der Waals surface area (Å²) in [7, 11) is 0. The first-order valence-electron chi connectivity index (χ1n) is 7.36. The number of alkyl halides is 2. The Morgan fingerprint density at radius 2 is 1.17 bits per heavy atom. The molecule has 2 atom stereocenters. The van der Waals surface area contributed by atoms with Crippen molar-refractivity contribution in [3.8, 4) is 0 Å². The van der Waals surface area contributed by atoms with Gasteiger partial charge in [-0.2, -0.15) is 0 Å². The van der Waals surface area contributed by atoms with E-state index in [2.05, 4.69) is 0 Å². The van der Waals surface area contributed by atoms with E-state index >= 15 is 0 Å². The van der Waals surface area contributed by atoms with Crippen molar-refractivity contribution in [3.63, 3.8) is 0 Å². The molecule has 7 heteroatoms. The summed E-state index contributed by atoms with van der Waals surface area (Å²) >= 11 is 11.6. The van der Waals surface area contributed by atoms with E-state index in [0.29, 0.717) is 12.8 Å². The molecule has 0 amide bonds. The van der Waals surface area contributed by atoms with Crippen LogP contribution in [-0.4, -0.2) is 60.4 Å². The van der Waals surface area contributed by atoms with E-state index in [1.807, 2.05) is 13.8 Å². The van der Waals surface area contributed by atoms with Crippen molar-refractivity contribution in [2.45, 2.75) is 63.1 Å². The Bertz CT molecular complexity index is 326. The number of hydrogen-bond donors (Lipinski definition) is 0. The van der Waals surface area contributed by atoms with E-state index < -0.39 is 11.9 Å². The molecular weight excluding hydrogens is 367 g/mol. The Kier molecular flexibility index (Phi) is 24.8. The molecule has 2 unspecified atom stereocenters. The van der Waals surface area contributed by atoms with Gasteiger partial charge in [0.05, 0.1) is 11.9 Å². The monoisotopic (exact) mass is 390 g/mol. The first kappa shape index (κ1) is 28.1. The SMILES string of the molecule is CCC(Cl)CC/C=C/C(=O)[O-].CCC(Cl)CC/C=C/C(=O)[O-].[Ca+2]. The van der Waals surface area contributed by atoms with E-state index in [0.717, 1.165) is 37.8 Å². The molecule has 0 aromatic rings. The maximum Gasteiger partial charge on any atom is 2.00 e. The van der Waals surface area contributed by atoms with Crippen LogP contribution in [0.1, 0.15) is 52.4 Å². The Morgan fingerprint density at radius 1 is 0.870 bits per heavy atom. The molecule has 0 rings (SSSR count). The number of allylic oxidation sites excluding steroid dienone is 2. The fourth-order valence-electron chi connectivity index (χ4n) is 1.32. The number of halogens is 2. The average Bonchev–Trinajstić information content (AvgIpc) is 2.47. The van der Waals surface area contributed by atoms with Gasteiger partial charge in [-0.25, -0.2) is 0 Å². The summed E-state index contributed by atoms with van der Waals surface area (Å²) in [4.78, 5) is 19.8. The van der Waals surface area contributed by atoms with Gasteiger partial charge in [-0.15, -0.1) is 23.2 Å². The summed E-state index contributed by atoms with van der Waals surface area (Å²) in [6, 6.07) is 0. The van der Waals surface area contributed by atoms with E-state index in [4.69, 9.17) is 23.2 Å². The first-order chi connectivity index (χ1) is 10.3. The molecule has 0 radical (unpaired) electrons. The molecule has 0 saturated heterocycles. The number of rotatable bonds is 10. The third-order valence-electron chi connectivity index (χ3n) is 2.69. The Morgan fingerprint density at radius 3 is 1.39 bits per heavy atom. The number of carboxylic acids is 2. The number of carbonyl (C=O) groups excluding carboxylic acids is 2. The zero-order valence-corrected chi connectivity index (χ0v) is 17.5. The Balaban J connectivity index is -0.000000333. The molecule has 0 bridgehead atoms. The minimum absolute atomic E-state index is 0. The van der Waals surface area contributed by atoms with Gasteiger partial charge in [0.15, 0.2) is 0 Å². The summed E-state index contributed by atoms with van der Waals surface area (Å²) < 4.78 is 0. The predicted octanol–water partition coefficient (Wildman–Crippen LogP) is 1.80. The molecule has 0 aliphatic carbocycles. The predicted molar refractivity (Wildman–Crippen MR) is 92.4 cm³/mol. The van der Waals surface area contributed by atoms with Crippen LogP contribution in [-0.2, 0) is 9.59 Å². The van der Waals surface area contributed by atoms with E-state index in [-0.39, 0.29) is 48.5 Å². The molecule has 0 aromatic heterocycles. The van der Waals surface area contributed by atoms with Crippen LogP contribution in [0.3, 0.4) is 0 Å². The summed E-state index contributed by atoms with van der Waals surface area (Å²) in [6.45, 7) is 4.00. The summed E-state index contributed by atoms with van der Waals surface area (Å²) in [5.41, 5.74) is 0. The topological polar surface area (TPSA) is 80.3 Å². The van der Waals surface area contributed by atoms with Gasteiger partial charge in [0, 0.05) is 10.8 Å². The standard InChI is InChI=1S/2C8H13ClO2.Ca/c2*1-2-7(9)5-3-4-6-8(10)11;/h2*4,6-7H,2-3,5H2,1H3,(H,10,11);/q;;+2/p-2/b2*6-4+;. The van der Waals surface area contributed by atoms with Crippen LogP contribution in [0, 0.1) is 0 Å². The second kappa shape index (κ2) is 20.3. The van der Waals surface area contributed by atoms with Crippen molar-refractivity contribution in [1.82, 2.24) is 0 Å². The van der Waals surface area contributed by atoms with E-state index in [1.54, 1.807) is 12.2 Å². The molecule has 0 aliphatic heterocycles. The largest absolute Gasteiger partial charge is 2.00 e. The van der Waals surface area contributed by atoms with Crippen LogP contribution < -0.4 is 10.2 Å². The van der Waals surface area contributed by atoms with Gasteiger partial charge in [-0.1, -0.05) is 26.0 Å². The van der Waals surface area contributed by atoms with Crippen molar-refractivity contribution in [2.24, 2.45) is 0 Å². The van der Waals surface area contributed by atoms with Gasteiger partial charge >= 0.3 is 37.7 Å². The molecule has 4 nitrogen and oxygen atoms in total. The minimum atomic E-state index is -1.15. The second-order valence-electron chi connectivity index (χ2n) is 4.61. The molecule has 0 heterocycles. The Hall–Kier alpha value is 0.260. The Labute approximate surface area is 178 Å². The maximum atomic E-state index is 9.88. The average molecular weight is 391 g/mol. The van der Waals surface area contributed by atoms with Crippen LogP contribution in [0.2, 0.25) is 0 Å². The fourth-order valence-corrected chi connectivity index (χ4v) is 1.57. The zero-order valence-electron chi connectivity index (χ0n) is 13.8. The van der Waals surface area contributed by atoms with Gasteiger partial charge in [-0.3, -0.25) is 0 Å². The van der Waals surface area contributed by atoms with E-state index in [1.165, 1.54) is 0 Å². The van der Waals surface area contributed by atoms with Crippen molar-refractivity contribution in [2.75, 3.05) is 0 Å². The molecule has 0 aromatic carbocycles. The summed E-state index contributed by atoms with van der Waals surface area (Å²) in [6.07, 6.45) is 10.1. The van der Waals surface area contributed by atoms with E-state index in [9.17, 15) is 19.8 Å². The smallest absolute Gasteiger partial charge is 0.545 e. The number of aliphatic carboxylic acids is 2. The fraction of sp³-hybridized carbons (Fsp3) is 0.625.